The molecule has 140 valence electrons. The highest BCUT2D eigenvalue weighted by Crippen LogP contribution is 2.39. The molecular weight excluding hydrogens is 336 g/mol. The Morgan fingerprint density at radius 1 is 0.926 bits per heavy atom. The second-order valence-corrected chi connectivity index (χ2v) is 7.26. The van der Waals surface area contributed by atoms with Crippen molar-refractivity contribution in [3.8, 4) is 5.75 Å². The summed E-state index contributed by atoms with van der Waals surface area (Å²) in [5.74, 6) is 0.349. The van der Waals surface area contributed by atoms with E-state index in [0.29, 0.717) is 5.75 Å². The molecule has 0 aromatic heterocycles. The number of benzene rings is 3. The second kappa shape index (κ2) is 7.59. The number of nitrogens with zero attached hydrogens (tertiary/aromatic N) is 2. The van der Waals surface area contributed by atoms with Crippen molar-refractivity contribution in [2.75, 3.05) is 45.3 Å². The van der Waals surface area contributed by atoms with Crippen molar-refractivity contribution < 1.29 is 9.84 Å². The fraction of sp³-hybridized carbons (Fsp3) is 0.304. The molecule has 1 aliphatic rings. The third-order valence-corrected chi connectivity index (χ3v) is 5.36. The number of hydrogen-bond donors (Lipinski definition) is 1. The van der Waals surface area contributed by atoms with Gasteiger partial charge in [0.25, 0.3) is 0 Å². The molecule has 1 N–H and O–H groups in total. The summed E-state index contributed by atoms with van der Waals surface area (Å²) in [5.41, 5.74) is 3.34. The van der Waals surface area contributed by atoms with E-state index in [4.69, 9.17) is 4.74 Å². The Bertz CT molecular complexity index is 915. The summed E-state index contributed by atoms with van der Waals surface area (Å²) >= 11 is 0. The summed E-state index contributed by atoms with van der Waals surface area (Å²) < 4.78 is 5.58. The van der Waals surface area contributed by atoms with Crippen LogP contribution in [-0.4, -0.2) is 50.4 Å². The van der Waals surface area contributed by atoms with E-state index in [0.717, 1.165) is 42.6 Å². The first-order chi connectivity index (χ1) is 13.1. The van der Waals surface area contributed by atoms with Crippen LogP contribution in [0.4, 0.5) is 5.69 Å². The Hall–Kier alpha value is -2.56. The molecule has 3 aromatic rings. The smallest absolute Gasteiger partial charge is 0.121 e. The average molecular weight is 362 g/mol. The van der Waals surface area contributed by atoms with E-state index in [2.05, 4.69) is 46.2 Å². The van der Waals surface area contributed by atoms with E-state index in [-0.39, 0.29) is 6.04 Å². The van der Waals surface area contributed by atoms with Crippen molar-refractivity contribution >= 4 is 16.5 Å². The van der Waals surface area contributed by atoms with Gasteiger partial charge in [0.15, 0.2) is 0 Å². The number of phenolic OH excluding ortho intramolecular Hbond substituents is 1. The number of rotatable bonds is 4. The molecule has 0 aliphatic carbocycles. The summed E-state index contributed by atoms with van der Waals surface area (Å²) in [6, 6.07) is 20.7. The topological polar surface area (TPSA) is 35.9 Å². The lowest BCUT2D eigenvalue weighted by Crippen LogP contribution is -2.39. The van der Waals surface area contributed by atoms with Crippen LogP contribution in [0.25, 0.3) is 10.8 Å². The van der Waals surface area contributed by atoms with Gasteiger partial charge in [-0.3, -0.25) is 4.90 Å². The highest BCUT2D eigenvalue weighted by Gasteiger charge is 2.28. The maximum absolute atomic E-state index is 10.8. The molecule has 0 bridgehead atoms. The number of anilines is 1. The van der Waals surface area contributed by atoms with Gasteiger partial charge in [0.05, 0.1) is 19.3 Å². The molecule has 0 unspecified atom stereocenters. The van der Waals surface area contributed by atoms with Gasteiger partial charge in [0, 0.05) is 38.4 Å². The fourth-order valence-electron chi connectivity index (χ4n) is 3.92. The van der Waals surface area contributed by atoms with Gasteiger partial charge in [-0.05, 0) is 34.5 Å². The fourth-order valence-corrected chi connectivity index (χ4v) is 3.92. The molecule has 0 saturated carbocycles. The molecule has 0 radical (unpaired) electrons. The molecule has 1 heterocycles. The molecular formula is C23H26N2O2. The van der Waals surface area contributed by atoms with E-state index < -0.39 is 0 Å². The van der Waals surface area contributed by atoms with Gasteiger partial charge >= 0.3 is 0 Å². The van der Waals surface area contributed by atoms with Crippen LogP contribution < -0.4 is 4.90 Å². The number of fused-ring (bicyclic) bond motifs is 1. The molecule has 1 aliphatic heterocycles. The lowest BCUT2D eigenvalue weighted by Gasteiger charge is -2.36. The van der Waals surface area contributed by atoms with Crippen LogP contribution in [0.5, 0.6) is 5.75 Å². The zero-order valence-corrected chi connectivity index (χ0v) is 15.9. The third kappa shape index (κ3) is 3.51. The van der Waals surface area contributed by atoms with Crippen LogP contribution in [0.15, 0.2) is 60.7 Å². The maximum atomic E-state index is 10.8. The van der Waals surface area contributed by atoms with Crippen LogP contribution in [0.2, 0.25) is 0 Å². The molecule has 27 heavy (non-hydrogen) atoms. The predicted molar refractivity (Wildman–Crippen MR) is 111 cm³/mol. The molecule has 1 saturated heterocycles. The summed E-state index contributed by atoms with van der Waals surface area (Å²) in [4.78, 5) is 4.51. The van der Waals surface area contributed by atoms with Crippen molar-refractivity contribution in [2.24, 2.45) is 0 Å². The SMILES string of the molecule is CN(C)c1ccc([C@@H](c2c(O)ccc3ccccc23)N2CCOCC2)cc1. The maximum Gasteiger partial charge on any atom is 0.121 e. The van der Waals surface area contributed by atoms with E-state index in [9.17, 15) is 5.11 Å². The Kier molecular flexibility index (Phi) is 5.01. The Morgan fingerprint density at radius 3 is 2.33 bits per heavy atom. The van der Waals surface area contributed by atoms with Crippen molar-refractivity contribution in [1.29, 1.82) is 0 Å². The van der Waals surface area contributed by atoms with Crippen molar-refractivity contribution in [3.63, 3.8) is 0 Å². The summed E-state index contributed by atoms with van der Waals surface area (Å²) in [6.07, 6.45) is 0. The van der Waals surface area contributed by atoms with Crippen LogP contribution in [0.3, 0.4) is 0 Å². The first-order valence-corrected chi connectivity index (χ1v) is 9.45. The van der Waals surface area contributed by atoms with Crippen LogP contribution in [-0.2, 0) is 4.74 Å². The van der Waals surface area contributed by atoms with Crippen molar-refractivity contribution in [1.82, 2.24) is 4.90 Å². The quantitative estimate of drug-likeness (QED) is 0.760. The van der Waals surface area contributed by atoms with Gasteiger partial charge in [0.1, 0.15) is 5.75 Å². The minimum absolute atomic E-state index is 0.00351. The summed E-state index contributed by atoms with van der Waals surface area (Å²) in [6.45, 7) is 3.14. The highest BCUT2D eigenvalue weighted by atomic mass is 16.5. The molecule has 4 heteroatoms. The number of ether oxygens (including phenoxy) is 1. The molecule has 1 fully saturated rings. The zero-order chi connectivity index (χ0) is 18.8. The number of morpholine rings is 1. The van der Waals surface area contributed by atoms with Gasteiger partial charge in [0.2, 0.25) is 0 Å². The standard InChI is InChI=1S/C23H26N2O2/c1-24(2)19-10-7-18(8-11-19)23(25-13-15-27-16-14-25)22-20-6-4-3-5-17(20)9-12-21(22)26/h3-12,23,26H,13-16H2,1-2H3/t23-/m0/s1. The first-order valence-electron chi connectivity index (χ1n) is 9.45. The molecule has 4 nitrogen and oxygen atoms in total. The lowest BCUT2D eigenvalue weighted by molar-refractivity contribution is 0.0238. The van der Waals surface area contributed by atoms with Crippen molar-refractivity contribution in [3.05, 3.63) is 71.8 Å². The van der Waals surface area contributed by atoms with Crippen LogP contribution >= 0.6 is 0 Å². The van der Waals surface area contributed by atoms with Crippen molar-refractivity contribution in [2.45, 2.75) is 6.04 Å². The molecule has 3 aromatic carbocycles. The number of hydrogen-bond acceptors (Lipinski definition) is 4. The zero-order valence-electron chi connectivity index (χ0n) is 15.9. The predicted octanol–water partition coefficient (Wildman–Crippen LogP) is 4.03. The highest BCUT2D eigenvalue weighted by molar-refractivity contribution is 5.88. The van der Waals surface area contributed by atoms with Gasteiger partial charge in [-0.15, -0.1) is 0 Å². The van der Waals surface area contributed by atoms with E-state index in [1.807, 2.05) is 38.4 Å². The van der Waals surface area contributed by atoms with Gasteiger partial charge in [-0.25, -0.2) is 0 Å². The monoisotopic (exact) mass is 362 g/mol. The molecule has 4 rings (SSSR count). The lowest BCUT2D eigenvalue weighted by atomic mass is 9.91. The third-order valence-electron chi connectivity index (χ3n) is 5.36. The van der Waals surface area contributed by atoms with Gasteiger partial charge < -0.3 is 14.7 Å². The molecule has 1 atom stereocenters. The minimum Gasteiger partial charge on any atom is -0.508 e. The van der Waals surface area contributed by atoms with Gasteiger partial charge in [-0.2, -0.15) is 0 Å². The van der Waals surface area contributed by atoms with Gasteiger partial charge in [-0.1, -0.05) is 42.5 Å². The molecule has 0 spiro atoms. The largest absolute Gasteiger partial charge is 0.508 e. The normalized spacial score (nSPS) is 16.4. The Morgan fingerprint density at radius 2 is 1.63 bits per heavy atom. The first kappa shape index (κ1) is 17.8. The van der Waals surface area contributed by atoms with E-state index in [1.165, 1.54) is 11.3 Å². The number of phenols is 1. The average Bonchev–Trinajstić information content (AvgIpc) is 2.71. The summed E-state index contributed by atoms with van der Waals surface area (Å²) in [5, 5.41) is 13.1. The number of aromatic hydroxyl groups is 1. The van der Waals surface area contributed by atoms with Crippen LogP contribution in [0, 0.1) is 0 Å². The molecule has 0 amide bonds. The Labute approximate surface area is 160 Å². The Balaban J connectivity index is 1.87. The second-order valence-electron chi connectivity index (χ2n) is 7.26. The van der Waals surface area contributed by atoms with E-state index in [1.54, 1.807) is 0 Å². The van der Waals surface area contributed by atoms with E-state index >= 15 is 0 Å². The minimum atomic E-state index is -0.00351. The summed E-state index contributed by atoms with van der Waals surface area (Å²) in [7, 11) is 4.09. The van der Waals surface area contributed by atoms with Crippen LogP contribution in [0.1, 0.15) is 17.2 Å².